The third-order valence-corrected chi connectivity index (χ3v) is 1.70. The zero-order valence-electron chi connectivity index (χ0n) is 4.87. The normalized spacial score (nSPS) is 10.5. The first-order valence-electron chi connectivity index (χ1n) is 2.68. The largest absolute Gasteiger partial charge is 0.258 e. The molecule has 2 rings (SSSR count). The van der Waals surface area contributed by atoms with E-state index in [-0.39, 0.29) is 0 Å². The Kier molecular flexibility index (Phi) is 1.30. The highest BCUT2D eigenvalue weighted by Crippen LogP contribution is 2.13. The van der Waals surface area contributed by atoms with Crippen LogP contribution in [0.3, 0.4) is 0 Å². The Balaban J connectivity index is 2.75. The lowest BCUT2D eigenvalue weighted by molar-refractivity contribution is 0.983. The maximum Gasteiger partial charge on any atom is 0.174 e. The summed E-state index contributed by atoms with van der Waals surface area (Å²) in [4.78, 5) is 7.92. The van der Waals surface area contributed by atoms with Crippen molar-refractivity contribution in [3.05, 3.63) is 16.1 Å². The van der Waals surface area contributed by atoms with Crippen molar-refractivity contribution in [2.24, 2.45) is 0 Å². The van der Waals surface area contributed by atoms with Crippen LogP contribution < -0.4 is 0 Å². The van der Waals surface area contributed by atoms with Gasteiger partial charge in [0, 0.05) is 6.07 Å². The highest BCUT2D eigenvalue weighted by atomic mass is 127. The topological polar surface area (TPSA) is 54.5 Å². The summed E-state index contributed by atoms with van der Waals surface area (Å²) in [6.07, 6.45) is 1.51. The highest BCUT2D eigenvalue weighted by Gasteiger charge is 2.04. The second kappa shape index (κ2) is 2.15. The fraction of sp³-hybridized carbons (Fsp3) is 0. The monoisotopic (exact) mass is 246 g/mol. The van der Waals surface area contributed by atoms with Gasteiger partial charge in [-0.25, -0.2) is 9.97 Å². The maximum absolute atomic E-state index is 3.99. The van der Waals surface area contributed by atoms with E-state index in [2.05, 4.69) is 42.8 Å². The third-order valence-electron chi connectivity index (χ3n) is 1.15. The summed E-state index contributed by atoms with van der Waals surface area (Å²) in [6, 6.07) is 1.87. The molecule has 0 aromatic carbocycles. The van der Waals surface area contributed by atoms with E-state index in [9.17, 15) is 0 Å². The Morgan fingerprint density at radius 1 is 1.40 bits per heavy atom. The lowest BCUT2D eigenvalue weighted by Crippen LogP contribution is -1.90. The van der Waals surface area contributed by atoms with Crippen LogP contribution in [0, 0.1) is 3.70 Å². The molecule has 0 saturated heterocycles. The molecule has 0 spiro atoms. The van der Waals surface area contributed by atoms with Crippen molar-refractivity contribution < 1.29 is 0 Å². The van der Waals surface area contributed by atoms with E-state index in [1.165, 1.54) is 6.33 Å². The first-order chi connectivity index (χ1) is 4.86. The molecule has 0 saturated carbocycles. The molecule has 1 N–H and O–H groups in total. The molecule has 50 valence electrons. The predicted molar refractivity (Wildman–Crippen MR) is 43.5 cm³/mol. The van der Waals surface area contributed by atoms with Gasteiger partial charge in [-0.1, -0.05) is 0 Å². The van der Waals surface area contributed by atoms with E-state index in [1.54, 1.807) is 0 Å². The number of aromatic nitrogens is 4. The van der Waals surface area contributed by atoms with Gasteiger partial charge >= 0.3 is 0 Å². The van der Waals surface area contributed by atoms with Crippen LogP contribution in [0.15, 0.2) is 12.4 Å². The molecule has 0 radical (unpaired) electrons. The standard InChI is InChI=1S/C5H3IN4/c6-4-1-3-5(10-9-4)8-2-7-3/h1-2H,(H,7,8,10). The molecule has 0 atom stereocenters. The van der Waals surface area contributed by atoms with Crippen LogP contribution in [-0.4, -0.2) is 20.2 Å². The molecule has 0 aliphatic carbocycles. The van der Waals surface area contributed by atoms with E-state index in [1.807, 2.05) is 6.07 Å². The highest BCUT2D eigenvalue weighted by molar-refractivity contribution is 14.1. The fourth-order valence-corrected chi connectivity index (χ4v) is 1.13. The summed E-state index contributed by atoms with van der Waals surface area (Å²) in [5.74, 6) is 0.736. The summed E-state index contributed by atoms with van der Waals surface area (Å²) >= 11 is 2.12. The summed E-state index contributed by atoms with van der Waals surface area (Å²) in [5.41, 5.74) is 0.861. The molecular weight excluding hydrogens is 243 g/mol. The SMILES string of the molecule is Ic1cc2ncnc-2[nH]n1. The number of aromatic amines is 1. The second-order valence-corrected chi connectivity index (χ2v) is 2.90. The predicted octanol–water partition coefficient (Wildman–Crippen LogP) is 0.909. The number of fused-ring (bicyclic) bond motifs is 1. The Bertz CT molecular complexity index is 318. The first-order valence-corrected chi connectivity index (χ1v) is 3.76. The van der Waals surface area contributed by atoms with Crippen LogP contribution in [0.25, 0.3) is 11.5 Å². The zero-order chi connectivity index (χ0) is 6.97. The third kappa shape index (κ3) is 0.859. The molecule has 5 heteroatoms. The number of rotatable bonds is 0. The molecule has 2 aliphatic rings. The molecule has 0 fully saturated rings. The van der Waals surface area contributed by atoms with E-state index >= 15 is 0 Å². The van der Waals surface area contributed by atoms with Crippen LogP contribution >= 0.6 is 22.6 Å². The zero-order valence-corrected chi connectivity index (χ0v) is 7.03. The number of imidazole rings is 1. The maximum atomic E-state index is 3.99. The van der Waals surface area contributed by atoms with Crippen molar-refractivity contribution in [3.8, 4) is 11.5 Å². The van der Waals surface area contributed by atoms with E-state index in [0.29, 0.717) is 0 Å². The van der Waals surface area contributed by atoms with E-state index < -0.39 is 0 Å². The minimum atomic E-state index is 0.736. The molecule has 2 heterocycles. The lowest BCUT2D eigenvalue weighted by Gasteiger charge is -1.93. The van der Waals surface area contributed by atoms with Gasteiger partial charge in [0.15, 0.2) is 5.82 Å². The smallest absolute Gasteiger partial charge is 0.174 e. The van der Waals surface area contributed by atoms with Crippen molar-refractivity contribution in [1.82, 2.24) is 20.2 Å². The molecule has 0 bridgehead atoms. The van der Waals surface area contributed by atoms with Gasteiger partial charge in [-0.2, -0.15) is 5.10 Å². The van der Waals surface area contributed by atoms with Gasteiger partial charge in [-0.15, -0.1) is 0 Å². The van der Waals surface area contributed by atoms with Crippen molar-refractivity contribution in [3.63, 3.8) is 0 Å². The van der Waals surface area contributed by atoms with Gasteiger partial charge in [0.25, 0.3) is 0 Å². The Morgan fingerprint density at radius 2 is 2.30 bits per heavy atom. The number of halogens is 1. The quantitative estimate of drug-likeness (QED) is 0.703. The van der Waals surface area contributed by atoms with Gasteiger partial charge in [-0.05, 0) is 22.6 Å². The Hall–Kier alpha value is -0.720. The summed E-state index contributed by atoms with van der Waals surface area (Å²) < 4.78 is 0.894. The van der Waals surface area contributed by atoms with Crippen molar-refractivity contribution in [2.75, 3.05) is 0 Å². The van der Waals surface area contributed by atoms with Crippen molar-refractivity contribution in [2.45, 2.75) is 0 Å². The van der Waals surface area contributed by atoms with Gasteiger partial charge in [0.2, 0.25) is 0 Å². The molecule has 4 nitrogen and oxygen atoms in total. The van der Waals surface area contributed by atoms with Crippen LogP contribution in [-0.2, 0) is 0 Å². The van der Waals surface area contributed by atoms with Crippen LogP contribution in [0.5, 0.6) is 0 Å². The minimum absolute atomic E-state index is 0.736. The second-order valence-electron chi connectivity index (χ2n) is 1.80. The van der Waals surface area contributed by atoms with E-state index in [4.69, 9.17) is 0 Å². The van der Waals surface area contributed by atoms with Gasteiger partial charge in [0.05, 0.1) is 0 Å². The molecule has 0 unspecified atom stereocenters. The number of hydrogen-bond donors (Lipinski definition) is 1. The van der Waals surface area contributed by atoms with Crippen molar-refractivity contribution in [1.29, 1.82) is 0 Å². The van der Waals surface area contributed by atoms with Crippen molar-refractivity contribution >= 4 is 22.6 Å². The summed E-state index contributed by atoms with van der Waals surface area (Å²) in [6.45, 7) is 0. The first kappa shape index (κ1) is 6.02. The van der Waals surface area contributed by atoms with Gasteiger partial charge < -0.3 is 0 Å². The Labute approximate surface area is 70.6 Å². The van der Waals surface area contributed by atoms with E-state index in [0.717, 1.165) is 15.2 Å². The fourth-order valence-electron chi connectivity index (χ4n) is 0.719. The number of H-pyrrole nitrogens is 1. The minimum Gasteiger partial charge on any atom is -0.258 e. The number of nitrogens with zero attached hydrogens (tertiary/aromatic N) is 3. The molecule has 0 aromatic heterocycles. The molecule has 10 heavy (non-hydrogen) atoms. The van der Waals surface area contributed by atoms with Crippen LogP contribution in [0.2, 0.25) is 0 Å². The molecule has 2 aliphatic heterocycles. The van der Waals surface area contributed by atoms with Crippen LogP contribution in [0.1, 0.15) is 0 Å². The molecule has 0 aromatic rings. The summed E-state index contributed by atoms with van der Waals surface area (Å²) in [5, 5.41) is 6.71. The Morgan fingerprint density at radius 3 is 3.20 bits per heavy atom. The lowest BCUT2D eigenvalue weighted by atomic mass is 10.4. The average Bonchev–Trinajstić information content (AvgIpc) is 2.33. The molecular formula is C5H3IN4. The average molecular weight is 246 g/mol. The van der Waals surface area contributed by atoms with Gasteiger partial charge in [0.1, 0.15) is 15.7 Å². The van der Waals surface area contributed by atoms with Crippen LogP contribution in [0.4, 0.5) is 0 Å². The van der Waals surface area contributed by atoms with Gasteiger partial charge in [-0.3, -0.25) is 5.10 Å². The molecule has 0 amide bonds. The number of hydrogen-bond acceptors (Lipinski definition) is 3. The number of nitrogens with one attached hydrogen (secondary N) is 1. The summed E-state index contributed by atoms with van der Waals surface area (Å²) in [7, 11) is 0.